The summed E-state index contributed by atoms with van der Waals surface area (Å²) in [7, 11) is 0. The highest BCUT2D eigenvalue weighted by Crippen LogP contribution is 2.28. The van der Waals surface area contributed by atoms with Crippen molar-refractivity contribution in [2.75, 3.05) is 19.6 Å². The molecule has 2 atom stereocenters. The van der Waals surface area contributed by atoms with Crippen LogP contribution in [0.1, 0.15) is 94.2 Å². The Morgan fingerprint density at radius 3 is 2.50 bits per heavy atom. The lowest BCUT2D eigenvalue weighted by atomic mass is 9.94. The van der Waals surface area contributed by atoms with Gasteiger partial charge in [-0.1, -0.05) is 69.7 Å². The van der Waals surface area contributed by atoms with Gasteiger partial charge in [0.05, 0.1) is 21.1 Å². The zero-order chi connectivity index (χ0) is 31.3. The van der Waals surface area contributed by atoms with Crippen molar-refractivity contribution < 1.29 is 14.4 Å². The Morgan fingerprint density at radius 2 is 1.77 bits per heavy atom. The molecule has 1 aliphatic heterocycles. The zero-order valence-corrected chi connectivity index (χ0v) is 27.5. The molecule has 7 heteroatoms. The van der Waals surface area contributed by atoms with E-state index in [1.54, 1.807) is 17.4 Å². The number of piperidine rings is 1. The Kier molecular flexibility index (Phi) is 13.3. The molecule has 3 aromatic rings. The smallest absolute Gasteiger partial charge is 0.224 e. The fourth-order valence-electron chi connectivity index (χ4n) is 5.88. The molecule has 0 spiro atoms. The number of rotatable bonds is 17. The SMILES string of the molecule is CCCC(=O)C[C@@H](Cc1nc2ccc(C(C)C)cc2s1)C(=O)N[C@H](CCC(=O)/C=C/CN1CCCCC1)Cc1ccccc1. The largest absolute Gasteiger partial charge is 0.353 e. The lowest BCUT2D eigenvalue weighted by molar-refractivity contribution is -0.130. The predicted octanol–water partition coefficient (Wildman–Crippen LogP) is 7.46. The molecule has 0 bridgehead atoms. The van der Waals surface area contributed by atoms with Gasteiger partial charge in [0, 0.05) is 38.3 Å². The van der Waals surface area contributed by atoms with Crippen LogP contribution in [-0.4, -0.2) is 53.0 Å². The molecule has 1 saturated heterocycles. The van der Waals surface area contributed by atoms with Crippen LogP contribution in [0.15, 0.2) is 60.7 Å². The van der Waals surface area contributed by atoms with Crippen LogP contribution >= 0.6 is 11.3 Å². The van der Waals surface area contributed by atoms with Crippen molar-refractivity contribution in [3.05, 3.63) is 76.8 Å². The number of hydrogen-bond acceptors (Lipinski definition) is 6. The summed E-state index contributed by atoms with van der Waals surface area (Å²) >= 11 is 1.61. The molecule has 1 aliphatic rings. The van der Waals surface area contributed by atoms with Crippen molar-refractivity contribution in [3.8, 4) is 0 Å². The summed E-state index contributed by atoms with van der Waals surface area (Å²) in [5.74, 6) is -0.0272. The minimum Gasteiger partial charge on any atom is -0.353 e. The van der Waals surface area contributed by atoms with E-state index in [9.17, 15) is 14.4 Å². The Labute approximate surface area is 267 Å². The standard InChI is InChI=1S/C37H49N3O3S/c1-4-12-33(42)24-30(26-36-39-34-19-16-29(27(2)3)25-35(34)44-36)37(43)38-31(23-28-13-7-5-8-14-28)17-18-32(41)15-11-22-40-20-9-6-10-21-40/h5,7-8,11,13-16,19,25,27,30-31H,4,6,9-10,12,17-18,20-24,26H2,1-3H3,(H,38,43)/b15-11+/t30-,31+/m0/s1. The third kappa shape index (κ3) is 10.8. The van der Waals surface area contributed by atoms with Crippen LogP contribution in [0.25, 0.3) is 10.2 Å². The second-order valence-electron chi connectivity index (χ2n) is 12.5. The van der Waals surface area contributed by atoms with Crippen LogP contribution in [0.3, 0.4) is 0 Å². The molecule has 0 radical (unpaired) electrons. The van der Waals surface area contributed by atoms with Crippen molar-refractivity contribution >= 4 is 39.0 Å². The molecule has 44 heavy (non-hydrogen) atoms. The molecule has 0 unspecified atom stereocenters. The van der Waals surface area contributed by atoms with Crippen molar-refractivity contribution in [2.45, 2.75) is 96.9 Å². The van der Waals surface area contributed by atoms with Gasteiger partial charge in [-0.15, -0.1) is 11.3 Å². The number of nitrogens with zero attached hydrogens (tertiary/aromatic N) is 2. The quantitative estimate of drug-likeness (QED) is 0.160. The molecule has 2 aromatic carbocycles. The Balaban J connectivity index is 1.44. The Hall–Kier alpha value is -3.16. The third-order valence-electron chi connectivity index (χ3n) is 8.44. The first-order valence-corrected chi connectivity index (χ1v) is 17.3. The fraction of sp³-hybridized carbons (Fsp3) is 0.514. The van der Waals surface area contributed by atoms with Crippen LogP contribution in [0.2, 0.25) is 0 Å². The summed E-state index contributed by atoms with van der Waals surface area (Å²) in [6, 6.07) is 16.2. The summed E-state index contributed by atoms with van der Waals surface area (Å²) in [5.41, 5.74) is 3.30. The molecule has 1 fully saturated rings. The van der Waals surface area contributed by atoms with Crippen molar-refractivity contribution in [1.82, 2.24) is 15.2 Å². The second-order valence-corrected chi connectivity index (χ2v) is 13.7. The van der Waals surface area contributed by atoms with Gasteiger partial charge >= 0.3 is 0 Å². The number of allylic oxidation sites excluding steroid dienone is 1. The first-order chi connectivity index (χ1) is 21.3. The molecule has 6 nitrogen and oxygen atoms in total. The number of ketones is 2. The number of carbonyl (C=O) groups is 3. The highest BCUT2D eigenvalue weighted by Gasteiger charge is 2.26. The first kappa shape index (κ1) is 33.7. The van der Waals surface area contributed by atoms with Crippen LogP contribution in [0, 0.1) is 5.92 Å². The number of benzene rings is 2. The highest BCUT2D eigenvalue weighted by atomic mass is 32.1. The highest BCUT2D eigenvalue weighted by molar-refractivity contribution is 7.18. The van der Waals surface area contributed by atoms with Crippen LogP contribution in [0.5, 0.6) is 0 Å². The number of carbonyl (C=O) groups excluding carboxylic acids is 3. The Bertz CT molecular complexity index is 1390. The van der Waals surface area contributed by atoms with Crippen molar-refractivity contribution in [3.63, 3.8) is 0 Å². The van der Waals surface area contributed by atoms with Gasteiger partial charge in [-0.25, -0.2) is 4.98 Å². The van der Waals surface area contributed by atoms with Gasteiger partial charge in [0.15, 0.2) is 5.78 Å². The maximum absolute atomic E-state index is 13.8. The van der Waals surface area contributed by atoms with Gasteiger partial charge < -0.3 is 5.32 Å². The number of aromatic nitrogens is 1. The van der Waals surface area contributed by atoms with Gasteiger partial charge in [0.25, 0.3) is 0 Å². The van der Waals surface area contributed by atoms with Gasteiger partial charge in [0.1, 0.15) is 5.78 Å². The number of likely N-dealkylation sites (tertiary alicyclic amines) is 1. The molecule has 0 saturated carbocycles. The molecular formula is C37H49N3O3S. The second kappa shape index (κ2) is 17.4. The van der Waals surface area contributed by atoms with E-state index < -0.39 is 5.92 Å². The normalized spacial score (nSPS) is 15.5. The maximum Gasteiger partial charge on any atom is 0.224 e. The average Bonchev–Trinajstić information content (AvgIpc) is 3.42. The zero-order valence-electron chi connectivity index (χ0n) is 26.7. The third-order valence-corrected chi connectivity index (χ3v) is 9.49. The lowest BCUT2D eigenvalue weighted by Crippen LogP contribution is -2.41. The van der Waals surface area contributed by atoms with E-state index in [1.807, 2.05) is 43.3 Å². The van der Waals surface area contributed by atoms with Crippen molar-refractivity contribution in [1.29, 1.82) is 0 Å². The predicted molar refractivity (Wildman–Crippen MR) is 181 cm³/mol. The van der Waals surface area contributed by atoms with E-state index in [0.29, 0.717) is 38.0 Å². The number of nitrogens with one attached hydrogen (secondary N) is 1. The molecule has 236 valence electrons. The molecule has 2 heterocycles. The van der Waals surface area contributed by atoms with E-state index in [2.05, 4.69) is 42.3 Å². The molecule has 1 amide bonds. The molecular weight excluding hydrogens is 566 g/mol. The molecule has 1 N–H and O–H groups in total. The fourth-order valence-corrected chi connectivity index (χ4v) is 6.97. The van der Waals surface area contributed by atoms with E-state index in [0.717, 1.165) is 46.8 Å². The number of Topliss-reactive ketones (excluding diaryl/α,β-unsaturated/α-hetero) is 1. The topological polar surface area (TPSA) is 79.4 Å². The van der Waals surface area contributed by atoms with E-state index in [1.165, 1.54) is 24.8 Å². The van der Waals surface area contributed by atoms with Crippen molar-refractivity contribution in [2.24, 2.45) is 5.92 Å². The van der Waals surface area contributed by atoms with Crippen LogP contribution in [0.4, 0.5) is 0 Å². The number of fused-ring (bicyclic) bond motifs is 1. The average molecular weight is 616 g/mol. The van der Waals surface area contributed by atoms with Gasteiger partial charge in [-0.2, -0.15) is 0 Å². The van der Waals surface area contributed by atoms with E-state index >= 15 is 0 Å². The van der Waals surface area contributed by atoms with Crippen LogP contribution in [-0.2, 0) is 27.2 Å². The summed E-state index contributed by atoms with van der Waals surface area (Å²) in [6.45, 7) is 9.35. The first-order valence-electron chi connectivity index (χ1n) is 16.5. The summed E-state index contributed by atoms with van der Waals surface area (Å²) < 4.78 is 1.11. The minimum atomic E-state index is -0.502. The molecule has 0 aliphatic carbocycles. The van der Waals surface area contributed by atoms with Crippen LogP contribution < -0.4 is 5.32 Å². The lowest BCUT2D eigenvalue weighted by Gasteiger charge is -2.24. The molecule has 4 rings (SSSR count). The van der Waals surface area contributed by atoms with Gasteiger partial charge in [-0.05, 0) is 80.4 Å². The number of thiazole rings is 1. The molecule has 1 aromatic heterocycles. The number of amides is 1. The van der Waals surface area contributed by atoms with Gasteiger partial charge in [-0.3, -0.25) is 19.3 Å². The number of hydrogen-bond donors (Lipinski definition) is 1. The monoisotopic (exact) mass is 615 g/mol. The summed E-state index contributed by atoms with van der Waals surface area (Å²) in [4.78, 5) is 46.7. The Morgan fingerprint density at radius 1 is 1.00 bits per heavy atom. The summed E-state index contributed by atoms with van der Waals surface area (Å²) in [6.07, 6.45) is 10.8. The van der Waals surface area contributed by atoms with E-state index in [-0.39, 0.29) is 29.9 Å². The van der Waals surface area contributed by atoms with Gasteiger partial charge in [0.2, 0.25) is 5.91 Å². The minimum absolute atomic E-state index is 0.0826. The van der Waals surface area contributed by atoms with E-state index in [4.69, 9.17) is 4.98 Å². The summed E-state index contributed by atoms with van der Waals surface area (Å²) in [5, 5.41) is 4.13. The maximum atomic E-state index is 13.8.